The molecule has 0 fully saturated rings. The number of hydrazone groups is 1. The monoisotopic (exact) mass is 280 g/mol. The third kappa shape index (κ3) is 3.03. The van der Waals surface area contributed by atoms with Gasteiger partial charge in [-0.25, -0.2) is 0 Å². The summed E-state index contributed by atoms with van der Waals surface area (Å²) in [6.45, 7) is 0. The minimum Gasteiger partial charge on any atom is -0.507 e. The predicted octanol–water partition coefficient (Wildman–Crippen LogP) is 2.02. The largest absolute Gasteiger partial charge is 0.507 e. The second kappa shape index (κ2) is 5.83. The maximum absolute atomic E-state index is 9.63. The quantitative estimate of drug-likeness (QED) is 0.501. The van der Waals surface area contributed by atoms with Crippen LogP contribution in [0.3, 0.4) is 0 Å². The Morgan fingerprint density at radius 1 is 1.14 bits per heavy atom. The van der Waals surface area contributed by atoms with Gasteiger partial charge in [0.15, 0.2) is 0 Å². The third-order valence-corrected chi connectivity index (χ3v) is 2.80. The van der Waals surface area contributed by atoms with Crippen LogP contribution in [0, 0.1) is 0 Å². The molecule has 2 aromatic carbocycles. The number of H-pyrrole nitrogens is 1. The summed E-state index contributed by atoms with van der Waals surface area (Å²) in [4.78, 5) is 0. The van der Waals surface area contributed by atoms with Gasteiger partial charge in [0.2, 0.25) is 5.82 Å². The average molecular weight is 280 g/mol. The zero-order valence-electron chi connectivity index (χ0n) is 10.9. The van der Waals surface area contributed by atoms with Crippen molar-refractivity contribution in [1.82, 2.24) is 20.6 Å². The van der Waals surface area contributed by atoms with E-state index in [0.717, 1.165) is 11.3 Å². The van der Waals surface area contributed by atoms with Crippen LogP contribution in [0.5, 0.6) is 5.75 Å². The molecule has 0 radical (unpaired) electrons. The highest BCUT2D eigenvalue weighted by molar-refractivity contribution is 5.83. The number of hydrogen-bond acceptors (Lipinski definition) is 6. The molecule has 0 saturated heterocycles. The Balaban J connectivity index is 1.74. The number of phenolic OH excluding ortho intramolecular Hbond substituents is 1. The first-order chi connectivity index (χ1) is 10.3. The number of nitrogens with zero attached hydrogens (tertiary/aromatic N) is 4. The SMILES string of the molecule is Oc1ccccc1/C=N/Nc1cccc(-c2nn[nH]n2)c1. The van der Waals surface area contributed by atoms with E-state index in [-0.39, 0.29) is 5.75 Å². The van der Waals surface area contributed by atoms with Crippen LogP contribution in [0.2, 0.25) is 0 Å². The normalized spacial score (nSPS) is 10.9. The van der Waals surface area contributed by atoms with Crippen molar-refractivity contribution in [2.45, 2.75) is 0 Å². The number of para-hydroxylation sites is 1. The Kier molecular flexibility index (Phi) is 3.55. The fourth-order valence-electron chi connectivity index (χ4n) is 1.78. The van der Waals surface area contributed by atoms with Gasteiger partial charge in [-0.05, 0) is 29.5 Å². The number of hydrogen-bond donors (Lipinski definition) is 3. The van der Waals surface area contributed by atoms with E-state index in [0.29, 0.717) is 11.4 Å². The summed E-state index contributed by atoms with van der Waals surface area (Å²) >= 11 is 0. The topological polar surface area (TPSA) is 99.1 Å². The first-order valence-electron chi connectivity index (χ1n) is 6.24. The lowest BCUT2D eigenvalue weighted by molar-refractivity contribution is 0.474. The van der Waals surface area contributed by atoms with Crippen LogP contribution in [0.25, 0.3) is 11.4 Å². The van der Waals surface area contributed by atoms with Crippen molar-refractivity contribution in [2.24, 2.45) is 5.10 Å². The van der Waals surface area contributed by atoms with Gasteiger partial charge in [-0.3, -0.25) is 5.43 Å². The molecule has 0 spiro atoms. The van der Waals surface area contributed by atoms with Crippen LogP contribution in [0.4, 0.5) is 5.69 Å². The van der Waals surface area contributed by atoms with Crippen molar-refractivity contribution in [3.05, 3.63) is 54.1 Å². The summed E-state index contributed by atoms with van der Waals surface area (Å²) in [5.41, 5.74) is 5.14. The summed E-state index contributed by atoms with van der Waals surface area (Å²) in [6.07, 6.45) is 1.55. The molecule has 0 unspecified atom stereocenters. The molecule has 0 saturated carbocycles. The van der Waals surface area contributed by atoms with E-state index >= 15 is 0 Å². The number of aromatic hydroxyl groups is 1. The molecule has 3 rings (SSSR count). The Morgan fingerprint density at radius 2 is 2.05 bits per heavy atom. The van der Waals surface area contributed by atoms with E-state index in [9.17, 15) is 5.11 Å². The molecule has 3 N–H and O–H groups in total. The first-order valence-corrected chi connectivity index (χ1v) is 6.24. The highest BCUT2D eigenvalue weighted by Gasteiger charge is 2.02. The average Bonchev–Trinajstić information content (AvgIpc) is 3.04. The van der Waals surface area contributed by atoms with E-state index in [2.05, 4.69) is 31.2 Å². The van der Waals surface area contributed by atoms with Crippen molar-refractivity contribution in [2.75, 3.05) is 5.43 Å². The highest BCUT2D eigenvalue weighted by atomic mass is 16.3. The van der Waals surface area contributed by atoms with Crippen LogP contribution in [-0.4, -0.2) is 31.9 Å². The lowest BCUT2D eigenvalue weighted by Crippen LogP contribution is -1.91. The van der Waals surface area contributed by atoms with Crippen molar-refractivity contribution >= 4 is 11.9 Å². The molecule has 1 heterocycles. The van der Waals surface area contributed by atoms with Gasteiger partial charge in [-0.15, -0.1) is 10.2 Å². The number of tetrazole rings is 1. The molecule has 0 aliphatic rings. The Morgan fingerprint density at radius 3 is 2.86 bits per heavy atom. The number of nitrogens with one attached hydrogen (secondary N) is 2. The Labute approximate surface area is 120 Å². The van der Waals surface area contributed by atoms with Crippen LogP contribution in [0.15, 0.2) is 53.6 Å². The molecule has 0 aliphatic carbocycles. The van der Waals surface area contributed by atoms with E-state index in [1.54, 1.807) is 24.4 Å². The van der Waals surface area contributed by atoms with Crippen LogP contribution in [0.1, 0.15) is 5.56 Å². The zero-order valence-corrected chi connectivity index (χ0v) is 10.9. The standard InChI is InChI=1S/C14H12N6O/c21-13-7-2-1-4-11(13)9-15-16-12-6-3-5-10(8-12)14-17-19-20-18-14/h1-9,16,21H,(H,17,18,19,20)/b15-9+. The first kappa shape index (κ1) is 12.8. The molecule has 0 atom stereocenters. The molecule has 0 aliphatic heterocycles. The fraction of sp³-hybridized carbons (Fsp3) is 0. The number of aromatic amines is 1. The molecule has 0 amide bonds. The maximum atomic E-state index is 9.63. The van der Waals surface area contributed by atoms with Crippen molar-refractivity contribution in [3.63, 3.8) is 0 Å². The van der Waals surface area contributed by atoms with Gasteiger partial charge >= 0.3 is 0 Å². The van der Waals surface area contributed by atoms with Gasteiger partial charge < -0.3 is 5.11 Å². The van der Waals surface area contributed by atoms with E-state index in [4.69, 9.17) is 0 Å². The molecular formula is C14H12N6O. The van der Waals surface area contributed by atoms with Gasteiger partial charge in [-0.1, -0.05) is 24.3 Å². The molecule has 0 bridgehead atoms. The smallest absolute Gasteiger partial charge is 0.204 e. The molecule has 3 aromatic rings. The van der Waals surface area contributed by atoms with Crippen LogP contribution >= 0.6 is 0 Å². The number of aromatic nitrogens is 4. The van der Waals surface area contributed by atoms with Gasteiger partial charge in [0.1, 0.15) is 5.75 Å². The summed E-state index contributed by atoms with van der Waals surface area (Å²) in [7, 11) is 0. The second-order valence-electron chi connectivity index (χ2n) is 4.25. The molecule has 7 nitrogen and oxygen atoms in total. The molecule has 104 valence electrons. The predicted molar refractivity (Wildman–Crippen MR) is 78.9 cm³/mol. The minimum atomic E-state index is 0.184. The number of anilines is 1. The number of rotatable bonds is 4. The van der Waals surface area contributed by atoms with Gasteiger partial charge in [0, 0.05) is 11.1 Å². The van der Waals surface area contributed by atoms with Crippen LogP contribution in [-0.2, 0) is 0 Å². The van der Waals surface area contributed by atoms with Crippen LogP contribution < -0.4 is 5.43 Å². The second-order valence-corrected chi connectivity index (χ2v) is 4.25. The number of benzene rings is 2. The molecule has 21 heavy (non-hydrogen) atoms. The summed E-state index contributed by atoms with van der Waals surface area (Å²) in [5, 5.41) is 27.5. The summed E-state index contributed by atoms with van der Waals surface area (Å²) < 4.78 is 0. The van der Waals surface area contributed by atoms with Crippen molar-refractivity contribution in [1.29, 1.82) is 0 Å². The van der Waals surface area contributed by atoms with Crippen molar-refractivity contribution in [3.8, 4) is 17.1 Å². The molecule has 7 heteroatoms. The Hall–Kier alpha value is -3.22. The van der Waals surface area contributed by atoms with Gasteiger partial charge in [-0.2, -0.15) is 10.3 Å². The van der Waals surface area contributed by atoms with E-state index in [1.807, 2.05) is 30.3 Å². The minimum absolute atomic E-state index is 0.184. The third-order valence-electron chi connectivity index (χ3n) is 2.80. The number of phenols is 1. The van der Waals surface area contributed by atoms with Gasteiger partial charge in [0.05, 0.1) is 11.9 Å². The lowest BCUT2D eigenvalue weighted by Gasteiger charge is -2.02. The van der Waals surface area contributed by atoms with Gasteiger partial charge in [0.25, 0.3) is 0 Å². The van der Waals surface area contributed by atoms with E-state index in [1.165, 1.54) is 0 Å². The fourth-order valence-corrected chi connectivity index (χ4v) is 1.78. The summed E-state index contributed by atoms with van der Waals surface area (Å²) in [5.74, 6) is 0.701. The highest BCUT2D eigenvalue weighted by Crippen LogP contribution is 2.18. The zero-order chi connectivity index (χ0) is 14.5. The lowest BCUT2D eigenvalue weighted by atomic mass is 10.2. The maximum Gasteiger partial charge on any atom is 0.204 e. The van der Waals surface area contributed by atoms with Crippen molar-refractivity contribution < 1.29 is 5.11 Å². The van der Waals surface area contributed by atoms with E-state index < -0.39 is 0 Å². The molecule has 1 aromatic heterocycles. The molecular weight excluding hydrogens is 268 g/mol. The Bertz CT molecular complexity index is 754. The summed E-state index contributed by atoms with van der Waals surface area (Å²) in [6, 6.07) is 14.4.